The molecule has 0 bridgehead atoms. The van der Waals surface area contributed by atoms with E-state index in [1.807, 2.05) is 6.07 Å². The minimum absolute atomic E-state index is 0.305. The fourth-order valence-corrected chi connectivity index (χ4v) is 2.11. The number of hydrogen-bond donors (Lipinski definition) is 1. The van der Waals surface area contributed by atoms with Crippen molar-refractivity contribution in [2.45, 2.75) is 32.4 Å². The van der Waals surface area contributed by atoms with Gasteiger partial charge in [0, 0.05) is 6.04 Å². The minimum atomic E-state index is 0.305. The van der Waals surface area contributed by atoms with Gasteiger partial charge in [0.1, 0.15) is 5.76 Å². The molecule has 1 aliphatic carbocycles. The molecule has 0 radical (unpaired) electrons. The van der Waals surface area contributed by atoms with Crippen LogP contribution in [0, 0.1) is 5.92 Å². The van der Waals surface area contributed by atoms with E-state index in [-0.39, 0.29) is 0 Å². The maximum Gasteiger partial charge on any atom is 0.134 e. The van der Waals surface area contributed by atoms with Gasteiger partial charge in [-0.05, 0) is 41.3 Å². The van der Waals surface area contributed by atoms with Gasteiger partial charge in [0.15, 0.2) is 0 Å². The Morgan fingerprint density at radius 2 is 2.38 bits per heavy atom. The quantitative estimate of drug-likeness (QED) is 0.883. The van der Waals surface area contributed by atoms with Gasteiger partial charge in [0.25, 0.3) is 0 Å². The van der Waals surface area contributed by atoms with Gasteiger partial charge in [-0.15, -0.1) is 0 Å². The summed E-state index contributed by atoms with van der Waals surface area (Å²) in [6.45, 7) is 4.40. The first-order valence-corrected chi connectivity index (χ1v) is 5.46. The molecule has 3 atom stereocenters. The largest absolute Gasteiger partial charge is 0.466 e. The van der Waals surface area contributed by atoms with Gasteiger partial charge in [-0.1, -0.05) is 6.92 Å². The van der Waals surface area contributed by atoms with Crippen molar-refractivity contribution in [2.75, 3.05) is 0 Å². The average molecular weight is 244 g/mol. The highest BCUT2D eigenvalue weighted by atomic mass is 79.9. The Labute approximate surface area is 86.8 Å². The second kappa shape index (κ2) is 3.46. The summed E-state index contributed by atoms with van der Waals surface area (Å²) in [7, 11) is 0. The highest BCUT2D eigenvalue weighted by Gasteiger charge is 2.34. The van der Waals surface area contributed by atoms with Crippen molar-refractivity contribution in [1.29, 1.82) is 0 Å². The fraction of sp³-hybridized carbons (Fsp3) is 0.600. The van der Waals surface area contributed by atoms with E-state index in [0.717, 1.165) is 16.2 Å². The topological polar surface area (TPSA) is 25.2 Å². The van der Waals surface area contributed by atoms with Crippen molar-refractivity contribution in [3.63, 3.8) is 0 Å². The van der Waals surface area contributed by atoms with Crippen molar-refractivity contribution in [3.8, 4) is 0 Å². The van der Waals surface area contributed by atoms with Gasteiger partial charge in [-0.2, -0.15) is 0 Å². The third-order valence-corrected chi connectivity index (χ3v) is 3.27. The van der Waals surface area contributed by atoms with Crippen molar-refractivity contribution in [1.82, 2.24) is 5.32 Å². The van der Waals surface area contributed by atoms with Crippen molar-refractivity contribution >= 4 is 15.9 Å². The third-order valence-electron chi connectivity index (χ3n) is 2.61. The molecule has 1 heterocycles. The fourth-order valence-electron chi connectivity index (χ4n) is 1.57. The summed E-state index contributed by atoms with van der Waals surface area (Å²) in [5, 5.41) is 3.52. The summed E-state index contributed by atoms with van der Waals surface area (Å²) in [5.41, 5.74) is 0. The van der Waals surface area contributed by atoms with Crippen LogP contribution >= 0.6 is 15.9 Å². The molecule has 0 aromatic carbocycles. The smallest absolute Gasteiger partial charge is 0.134 e. The Morgan fingerprint density at radius 1 is 1.69 bits per heavy atom. The molecule has 0 amide bonds. The zero-order chi connectivity index (χ0) is 9.42. The molecule has 3 unspecified atom stereocenters. The van der Waals surface area contributed by atoms with Gasteiger partial charge >= 0.3 is 0 Å². The monoisotopic (exact) mass is 243 g/mol. The summed E-state index contributed by atoms with van der Waals surface area (Å²) in [4.78, 5) is 0. The Bertz CT molecular complexity index is 297. The average Bonchev–Trinajstić information content (AvgIpc) is 2.62. The van der Waals surface area contributed by atoms with Crippen LogP contribution in [0.1, 0.15) is 32.1 Å². The predicted molar refractivity (Wildman–Crippen MR) is 55.5 cm³/mol. The standard InChI is InChI=1S/C10H14BrNO/c1-6-5-9(6)12-7(2)10-8(11)3-4-13-10/h3-4,6-7,9,12H,5H2,1-2H3. The number of hydrogen-bond acceptors (Lipinski definition) is 2. The second-order valence-electron chi connectivity index (χ2n) is 3.84. The van der Waals surface area contributed by atoms with Crippen LogP contribution in [0.5, 0.6) is 0 Å². The lowest BCUT2D eigenvalue weighted by Crippen LogP contribution is -2.21. The van der Waals surface area contributed by atoms with Crippen LogP contribution in [-0.2, 0) is 0 Å². The molecule has 1 fully saturated rings. The molecule has 1 saturated carbocycles. The molecule has 1 aromatic heterocycles. The molecule has 2 nitrogen and oxygen atoms in total. The van der Waals surface area contributed by atoms with Crippen molar-refractivity contribution in [3.05, 3.63) is 22.6 Å². The summed E-state index contributed by atoms with van der Waals surface area (Å²) < 4.78 is 6.44. The summed E-state index contributed by atoms with van der Waals surface area (Å²) in [6, 6.07) is 2.93. The van der Waals surface area contributed by atoms with Crippen LogP contribution in [0.4, 0.5) is 0 Å². The van der Waals surface area contributed by atoms with E-state index in [4.69, 9.17) is 4.42 Å². The van der Waals surface area contributed by atoms with Gasteiger partial charge < -0.3 is 9.73 Å². The molecule has 0 saturated heterocycles. The molecule has 2 rings (SSSR count). The Hall–Kier alpha value is -0.280. The molecule has 1 N–H and O–H groups in total. The molecule has 3 heteroatoms. The van der Waals surface area contributed by atoms with Crippen molar-refractivity contribution < 1.29 is 4.42 Å². The van der Waals surface area contributed by atoms with E-state index in [1.165, 1.54) is 6.42 Å². The van der Waals surface area contributed by atoms with E-state index >= 15 is 0 Å². The van der Waals surface area contributed by atoms with Crippen LogP contribution in [0.25, 0.3) is 0 Å². The normalized spacial score (nSPS) is 28.8. The van der Waals surface area contributed by atoms with E-state index in [2.05, 4.69) is 35.1 Å². The molecular formula is C10H14BrNO. The summed E-state index contributed by atoms with van der Waals surface area (Å²) >= 11 is 3.46. The number of rotatable bonds is 3. The second-order valence-corrected chi connectivity index (χ2v) is 4.69. The van der Waals surface area contributed by atoms with Crippen LogP contribution in [0.15, 0.2) is 21.2 Å². The van der Waals surface area contributed by atoms with Crippen LogP contribution in [-0.4, -0.2) is 6.04 Å². The number of halogens is 1. The molecule has 0 aliphatic heterocycles. The Balaban J connectivity index is 1.97. The summed E-state index contributed by atoms with van der Waals surface area (Å²) in [6.07, 6.45) is 3.01. The lowest BCUT2D eigenvalue weighted by molar-refractivity contribution is 0.422. The zero-order valence-electron chi connectivity index (χ0n) is 7.88. The molecule has 72 valence electrons. The van der Waals surface area contributed by atoms with E-state index in [1.54, 1.807) is 6.26 Å². The van der Waals surface area contributed by atoms with Crippen LogP contribution in [0.2, 0.25) is 0 Å². The third kappa shape index (κ3) is 1.97. The number of nitrogens with one attached hydrogen (secondary N) is 1. The van der Waals surface area contributed by atoms with Gasteiger partial charge in [-0.3, -0.25) is 0 Å². The molecule has 0 spiro atoms. The van der Waals surface area contributed by atoms with Gasteiger partial charge in [-0.25, -0.2) is 0 Å². The van der Waals surface area contributed by atoms with Crippen LogP contribution < -0.4 is 5.32 Å². The zero-order valence-corrected chi connectivity index (χ0v) is 9.47. The summed E-state index contributed by atoms with van der Waals surface area (Å²) in [5.74, 6) is 1.83. The highest BCUT2D eigenvalue weighted by Crippen LogP contribution is 2.33. The first-order valence-electron chi connectivity index (χ1n) is 4.67. The van der Waals surface area contributed by atoms with Crippen molar-refractivity contribution in [2.24, 2.45) is 5.92 Å². The van der Waals surface area contributed by atoms with Gasteiger partial charge in [0.2, 0.25) is 0 Å². The minimum Gasteiger partial charge on any atom is -0.466 e. The molecular weight excluding hydrogens is 230 g/mol. The SMILES string of the molecule is CC(NC1CC1C)c1occc1Br. The maximum atomic E-state index is 5.38. The predicted octanol–water partition coefficient (Wildman–Crippen LogP) is 3.10. The first kappa shape index (κ1) is 9.28. The Kier molecular flexibility index (Phi) is 2.47. The van der Waals surface area contributed by atoms with E-state index in [9.17, 15) is 0 Å². The molecule has 1 aliphatic rings. The highest BCUT2D eigenvalue weighted by molar-refractivity contribution is 9.10. The van der Waals surface area contributed by atoms with Gasteiger partial charge in [0.05, 0.1) is 16.8 Å². The van der Waals surface area contributed by atoms with Crippen LogP contribution in [0.3, 0.4) is 0 Å². The Morgan fingerprint density at radius 3 is 2.85 bits per heavy atom. The maximum absolute atomic E-state index is 5.38. The number of furan rings is 1. The molecule has 13 heavy (non-hydrogen) atoms. The first-order chi connectivity index (χ1) is 6.18. The molecule has 1 aromatic rings. The lowest BCUT2D eigenvalue weighted by atomic mass is 10.2. The van der Waals surface area contributed by atoms with E-state index < -0.39 is 0 Å². The van der Waals surface area contributed by atoms with E-state index in [0.29, 0.717) is 12.1 Å². The lowest BCUT2D eigenvalue weighted by Gasteiger charge is -2.10.